The Balaban J connectivity index is 1.56. The topological polar surface area (TPSA) is 60.9 Å². The van der Waals surface area contributed by atoms with Crippen molar-refractivity contribution < 1.29 is 27.6 Å². The molecule has 2 atom stereocenters. The van der Waals surface area contributed by atoms with Crippen molar-refractivity contribution in [3.05, 3.63) is 68.1 Å². The quantitative estimate of drug-likeness (QED) is 0.404. The summed E-state index contributed by atoms with van der Waals surface area (Å²) in [5.74, 6) is -0.835. The number of hydrogen-bond donors (Lipinski definition) is 0. The van der Waals surface area contributed by atoms with Crippen molar-refractivity contribution in [3.8, 4) is 0 Å². The molecule has 11 heteroatoms. The van der Waals surface area contributed by atoms with Crippen molar-refractivity contribution in [2.75, 3.05) is 33.2 Å². The van der Waals surface area contributed by atoms with Crippen LogP contribution in [0.4, 0.5) is 13.2 Å². The van der Waals surface area contributed by atoms with Crippen LogP contribution in [0, 0.1) is 5.92 Å². The van der Waals surface area contributed by atoms with Crippen LogP contribution in [0.1, 0.15) is 53.6 Å². The first-order chi connectivity index (χ1) is 18.3. The number of nitrogens with zero attached hydrogens (tertiary/aromatic N) is 3. The summed E-state index contributed by atoms with van der Waals surface area (Å²) in [6, 6.07) is 10.6. The summed E-state index contributed by atoms with van der Waals surface area (Å²) in [6.45, 7) is 3.48. The summed E-state index contributed by atoms with van der Waals surface area (Å²) in [4.78, 5) is 43.8. The van der Waals surface area contributed by atoms with Gasteiger partial charge in [-0.2, -0.15) is 13.2 Å². The second kappa shape index (κ2) is 12.0. The smallest absolute Gasteiger partial charge is 0.343 e. The molecule has 0 aliphatic carbocycles. The van der Waals surface area contributed by atoms with Gasteiger partial charge in [0.25, 0.3) is 5.91 Å². The van der Waals surface area contributed by atoms with Crippen LogP contribution in [0.3, 0.4) is 0 Å². The second-order valence-corrected chi connectivity index (χ2v) is 12.1. The van der Waals surface area contributed by atoms with Gasteiger partial charge in [-0.1, -0.05) is 44.0 Å². The Morgan fingerprint density at radius 3 is 2.10 bits per heavy atom. The van der Waals surface area contributed by atoms with E-state index in [9.17, 15) is 27.6 Å². The van der Waals surface area contributed by atoms with Gasteiger partial charge in [0, 0.05) is 72.5 Å². The normalized spacial score (nSPS) is 20.6. The number of rotatable bonds is 4. The van der Waals surface area contributed by atoms with Gasteiger partial charge < -0.3 is 14.7 Å². The molecule has 2 aliphatic heterocycles. The standard InChI is InChI=1S/C28H30Br2F3N3O3/c1-17(37)35-10-7-19(8-11-35)27(39)36-12-9-25(24(16-36)18-3-5-22(29)6-4-18)34(2)26(38)20-13-21(28(31,32)33)15-23(30)14-20/h3-6,13-15,19,24-25H,7-12,16H2,1-2H3/t24-,25+/m0/s1. The van der Waals surface area contributed by atoms with Crippen molar-refractivity contribution in [2.24, 2.45) is 5.92 Å². The molecule has 0 N–H and O–H groups in total. The van der Waals surface area contributed by atoms with Crippen LogP contribution < -0.4 is 0 Å². The molecule has 6 nitrogen and oxygen atoms in total. The summed E-state index contributed by atoms with van der Waals surface area (Å²) in [5, 5.41) is 0. The maximum atomic E-state index is 13.5. The fraction of sp³-hybridized carbons (Fsp3) is 0.464. The zero-order chi connectivity index (χ0) is 28.5. The van der Waals surface area contributed by atoms with E-state index >= 15 is 0 Å². The fourth-order valence-electron chi connectivity index (χ4n) is 5.57. The van der Waals surface area contributed by atoms with Crippen LogP contribution in [0.25, 0.3) is 0 Å². The number of likely N-dealkylation sites (tertiary alicyclic amines) is 2. The van der Waals surface area contributed by atoms with E-state index < -0.39 is 17.6 Å². The van der Waals surface area contributed by atoms with Gasteiger partial charge in [0.15, 0.2) is 0 Å². The zero-order valence-electron chi connectivity index (χ0n) is 21.7. The van der Waals surface area contributed by atoms with Crippen LogP contribution in [0.5, 0.6) is 0 Å². The van der Waals surface area contributed by atoms with Crippen LogP contribution in [0.2, 0.25) is 0 Å². The van der Waals surface area contributed by atoms with Gasteiger partial charge in [-0.25, -0.2) is 0 Å². The summed E-state index contributed by atoms with van der Waals surface area (Å²) in [6.07, 6.45) is -2.86. The Kier molecular flexibility index (Phi) is 9.10. The molecule has 0 spiro atoms. The van der Waals surface area contributed by atoms with Gasteiger partial charge in [0.05, 0.1) is 5.56 Å². The molecule has 2 saturated heterocycles. The lowest BCUT2D eigenvalue weighted by Crippen LogP contribution is -2.53. The van der Waals surface area contributed by atoms with Gasteiger partial charge in [-0.05, 0) is 55.2 Å². The largest absolute Gasteiger partial charge is 0.416 e. The van der Waals surface area contributed by atoms with Crippen molar-refractivity contribution in [1.82, 2.24) is 14.7 Å². The number of benzene rings is 2. The predicted molar refractivity (Wildman–Crippen MR) is 148 cm³/mol. The van der Waals surface area contributed by atoms with E-state index in [1.807, 2.05) is 29.2 Å². The zero-order valence-corrected chi connectivity index (χ0v) is 24.9. The monoisotopic (exact) mass is 671 g/mol. The van der Waals surface area contributed by atoms with Crippen LogP contribution in [0.15, 0.2) is 51.4 Å². The average Bonchev–Trinajstić information content (AvgIpc) is 2.91. The van der Waals surface area contributed by atoms with Crippen molar-refractivity contribution >= 4 is 49.6 Å². The third-order valence-electron chi connectivity index (χ3n) is 7.77. The molecule has 4 rings (SSSR count). The Morgan fingerprint density at radius 2 is 1.51 bits per heavy atom. The van der Waals surface area contributed by atoms with E-state index in [2.05, 4.69) is 31.9 Å². The predicted octanol–water partition coefficient (Wildman–Crippen LogP) is 5.95. The molecule has 2 aromatic carbocycles. The minimum atomic E-state index is -4.58. The van der Waals surface area contributed by atoms with Gasteiger partial charge in [0.1, 0.15) is 0 Å². The van der Waals surface area contributed by atoms with Gasteiger partial charge in [-0.3, -0.25) is 14.4 Å². The summed E-state index contributed by atoms with van der Waals surface area (Å²) in [7, 11) is 1.61. The Morgan fingerprint density at radius 1 is 0.897 bits per heavy atom. The van der Waals surface area contributed by atoms with Crippen LogP contribution >= 0.6 is 31.9 Å². The number of carbonyl (C=O) groups excluding carboxylic acids is 3. The summed E-state index contributed by atoms with van der Waals surface area (Å²) < 4.78 is 41.3. The highest BCUT2D eigenvalue weighted by atomic mass is 79.9. The number of piperidine rings is 2. The molecule has 2 aliphatic rings. The van der Waals surface area contributed by atoms with E-state index in [-0.39, 0.29) is 39.7 Å². The molecular formula is C28H30Br2F3N3O3. The lowest BCUT2D eigenvalue weighted by atomic mass is 9.83. The van der Waals surface area contributed by atoms with Gasteiger partial charge >= 0.3 is 6.18 Å². The Bertz CT molecular complexity index is 1230. The first-order valence-corrected chi connectivity index (χ1v) is 14.4. The summed E-state index contributed by atoms with van der Waals surface area (Å²) >= 11 is 6.55. The number of carbonyl (C=O) groups is 3. The van der Waals surface area contributed by atoms with E-state index in [0.717, 1.165) is 22.2 Å². The molecule has 0 radical (unpaired) electrons. The first kappa shape index (κ1) is 29.6. The van der Waals surface area contributed by atoms with Gasteiger partial charge in [0.2, 0.25) is 11.8 Å². The lowest BCUT2D eigenvalue weighted by Gasteiger charge is -2.44. The minimum absolute atomic E-state index is 0.0116. The van der Waals surface area contributed by atoms with E-state index in [1.165, 1.54) is 17.9 Å². The molecule has 2 fully saturated rings. The van der Waals surface area contributed by atoms with E-state index in [1.54, 1.807) is 11.9 Å². The summed E-state index contributed by atoms with van der Waals surface area (Å²) in [5.41, 5.74) is -0.00390. The minimum Gasteiger partial charge on any atom is -0.343 e. The molecule has 210 valence electrons. The highest BCUT2D eigenvalue weighted by Crippen LogP contribution is 2.35. The highest BCUT2D eigenvalue weighted by molar-refractivity contribution is 9.10. The second-order valence-electron chi connectivity index (χ2n) is 10.2. The van der Waals surface area contributed by atoms with Crippen molar-refractivity contribution in [2.45, 2.75) is 44.3 Å². The maximum absolute atomic E-state index is 13.5. The average molecular weight is 673 g/mol. The van der Waals surface area contributed by atoms with Crippen LogP contribution in [-0.4, -0.2) is 71.7 Å². The third kappa shape index (κ3) is 6.85. The molecule has 3 amide bonds. The molecule has 2 aromatic rings. The number of amides is 3. The molecule has 0 bridgehead atoms. The number of halogens is 5. The fourth-order valence-corrected chi connectivity index (χ4v) is 6.33. The Labute approximate surface area is 242 Å². The molecular weight excluding hydrogens is 643 g/mol. The molecule has 2 heterocycles. The first-order valence-electron chi connectivity index (χ1n) is 12.8. The SMILES string of the molecule is CC(=O)N1CCC(C(=O)N2CC[C@@H](N(C)C(=O)c3cc(Br)cc(C(F)(F)F)c3)[C@H](c3ccc(Br)cc3)C2)CC1. The van der Waals surface area contributed by atoms with Crippen LogP contribution in [-0.2, 0) is 15.8 Å². The van der Waals surface area contributed by atoms with Crippen molar-refractivity contribution in [3.63, 3.8) is 0 Å². The molecule has 0 saturated carbocycles. The molecule has 0 unspecified atom stereocenters. The lowest BCUT2D eigenvalue weighted by molar-refractivity contribution is -0.141. The van der Waals surface area contributed by atoms with E-state index in [4.69, 9.17) is 0 Å². The van der Waals surface area contributed by atoms with Gasteiger partial charge in [-0.15, -0.1) is 0 Å². The highest BCUT2D eigenvalue weighted by Gasteiger charge is 2.39. The number of alkyl halides is 3. The van der Waals surface area contributed by atoms with E-state index in [0.29, 0.717) is 45.4 Å². The molecule has 0 aromatic heterocycles. The number of likely N-dealkylation sites (N-methyl/N-ethyl adjacent to an activating group) is 1. The molecule has 39 heavy (non-hydrogen) atoms. The number of hydrogen-bond acceptors (Lipinski definition) is 3. The third-order valence-corrected chi connectivity index (χ3v) is 8.75. The van der Waals surface area contributed by atoms with Crippen molar-refractivity contribution in [1.29, 1.82) is 0 Å². The maximum Gasteiger partial charge on any atom is 0.416 e. The Hall–Kier alpha value is -2.40.